The monoisotopic (exact) mass is 167 g/mol. The van der Waals surface area contributed by atoms with E-state index in [4.69, 9.17) is 0 Å². The summed E-state index contributed by atoms with van der Waals surface area (Å²) in [7, 11) is 0. The van der Waals surface area contributed by atoms with Crippen LogP contribution in [0.2, 0.25) is 0 Å². The summed E-state index contributed by atoms with van der Waals surface area (Å²) >= 11 is 0. The van der Waals surface area contributed by atoms with Crippen molar-refractivity contribution in [1.82, 2.24) is 9.97 Å². The van der Waals surface area contributed by atoms with Crippen LogP contribution in [0.3, 0.4) is 0 Å². The summed E-state index contributed by atoms with van der Waals surface area (Å²) in [6, 6.07) is 0. The molecule has 0 aliphatic rings. The highest BCUT2D eigenvalue weighted by Gasteiger charge is 2.01. The van der Waals surface area contributed by atoms with Crippen molar-refractivity contribution < 1.29 is 9.53 Å². The third kappa shape index (κ3) is 2.45. The molecule has 0 aromatic carbocycles. The fourth-order valence-electron chi connectivity index (χ4n) is 0.601. The molecule has 64 valence electrons. The summed E-state index contributed by atoms with van der Waals surface area (Å²) in [5.74, 6) is 0.365. The number of nitrogens with zero attached hydrogens (tertiary/aromatic N) is 1. The molecule has 0 aliphatic heterocycles. The second-order valence-electron chi connectivity index (χ2n) is 1.95. The molecule has 1 aromatic heterocycles. The fraction of sp³-hybridized carbons (Fsp3) is 0.143. The second-order valence-corrected chi connectivity index (χ2v) is 1.95. The lowest BCUT2D eigenvalue weighted by Gasteiger charge is -2.00. The molecule has 0 unspecified atom stereocenters. The van der Waals surface area contributed by atoms with Gasteiger partial charge < -0.3 is 9.72 Å². The summed E-state index contributed by atoms with van der Waals surface area (Å²) in [6.07, 6.45) is 4.07. The van der Waals surface area contributed by atoms with Gasteiger partial charge in [0.15, 0.2) is 0 Å². The minimum Gasteiger partial charge on any atom is -0.445 e. The van der Waals surface area contributed by atoms with Crippen LogP contribution < -0.4 is 5.32 Å². The molecule has 1 rings (SSSR count). The lowest BCUT2D eigenvalue weighted by molar-refractivity contribution is 0.174. The molecular weight excluding hydrogens is 158 g/mol. The number of ether oxygens (including phenoxy) is 1. The molecule has 0 saturated carbocycles. The Kier molecular flexibility index (Phi) is 2.89. The molecule has 1 heterocycles. The number of carbonyl (C=O) groups is 1. The molecular formula is C7H9N3O2. The summed E-state index contributed by atoms with van der Waals surface area (Å²) < 4.78 is 4.64. The first-order valence-corrected chi connectivity index (χ1v) is 3.37. The van der Waals surface area contributed by atoms with Crippen molar-refractivity contribution in [3.8, 4) is 0 Å². The first-order valence-electron chi connectivity index (χ1n) is 3.37. The Morgan fingerprint density at radius 3 is 3.33 bits per heavy atom. The Morgan fingerprint density at radius 2 is 2.75 bits per heavy atom. The smallest absolute Gasteiger partial charge is 0.414 e. The molecule has 0 saturated heterocycles. The summed E-state index contributed by atoms with van der Waals surface area (Å²) in [6.45, 7) is 3.59. The highest BCUT2D eigenvalue weighted by Crippen LogP contribution is 1.95. The predicted octanol–water partition coefficient (Wildman–Crippen LogP) is 1.14. The van der Waals surface area contributed by atoms with Crippen molar-refractivity contribution in [2.24, 2.45) is 0 Å². The van der Waals surface area contributed by atoms with E-state index in [1.165, 1.54) is 12.3 Å². The predicted molar refractivity (Wildman–Crippen MR) is 43.8 cm³/mol. The molecule has 0 fully saturated rings. The highest BCUT2D eigenvalue weighted by molar-refractivity contribution is 5.82. The van der Waals surface area contributed by atoms with Gasteiger partial charge in [0.1, 0.15) is 6.61 Å². The zero-order valence-corrected chi connectivity index (χ0v) is 6.41. The fourth-order valence-corrected chi connectivity index (χ4v) is 0.601. The second kappa shape index (κ2) is 4.17. The number of aromatic amines is 1. The van der Waals surface area contributed by atoms with Gasteiger partial charge in [0.05, 0.1) is 0 Å². The molecule has 1 amide bonds. The number of hydrogen-bond acceptors (Lipinski definition) is 3. The third-order valence-corrected chi connectivity index (χ3v) is 1.05. The van der Waals surface area contributed by atoms with Crippen molar-refractivity contribution in [2.75, 3.05) is 11.9 Å². The molecule has 12 heavy (non-hydrogen) atoms. The van der Waals surface area contributed by atoms with Gasteiger partial charge in [-0.05, 0) is 0 Å². The average Bonchev–Trinajstić information content (AvgIpc) is 2.53. The molecule has 5 heteroatoms. The Bertz CT molecular complexity index is 256. The first kappa shape index (κ1) is 8.32. The lowest BCUT2D eigenvalue weighted by atomic mass is 10.7. The quantitative estimate of drug-likeness (QED) is 0.663. The average molecular weight is 167 g/mol. The van der Waals surface area contributed by atoms with Gasteiger partial charge in [-0.3, -0.25) is 5.32 Å². The van der Waals surface area contributed by atoms with Gasteiger partial charge in [0, 0.05) is 12.4 Å². The van der Waals surface area contributed by atoms with Crippen molar-refractivity contribution in [3.05, 3.63) is 25.0 Å². The largest absolute Gasteiger partial charge is 0.445 e. The zero-order chi connectivity index (χ0) is 8.81. The van der Waals surface area contributed by atoms with E-state index >= 15 is 0 Å². The van der Waals surface area contributed by atoms with Crippen LogP contribution in [0.1, 0.15) is 0 Å². The van der Waals surface area contributed by atoms with Gasteiger partial charge >= 0.3 is 6.09 Å². The lowest BCUT2D eigenvalue weighted by Crippen LogP contribution is -2.14. The van der Waals surface area contributed by atoms with Gasteiger partial charge in [0.2, 0.25) is 5.95 Å². The van der Waals surface area contributed by atoms with E-state index < -0.39 is 6.09 Å². The van der Waals surface area contributed by atoms with E-state index in [2.05, 4.69) is 26.6 Å². The Labute approximate surface area is 69.5 Å². The molecule has 0 aliphatic carbocycles. The van der Waals surface area contributed by atoms with Crippen LogP contribution in [0.5, 0.6) is 0 Å². The maximum Gasteiger partial charge on any atom is 0.414 e. The number of rotatable bonds is 3. The molecule has 0 spiro atoms. The van der Waals surface area contributed by atoms with E-state index in [9.17, 15) is 4.79 Å². The van der Waals surface area contributed by atoms with Crippen molar-refractivity contribution >= 4 is 12.0 Å². The SMILES string of the molecule is C=CCOC(=O)Nc1ncc[nH]1. The third-order valence-electron chi connectivity index (χ3n) is 1.05. The van der Waals surface area contributed by atoms with E-state index in [1.54, 1.807) is 6.20 Å². The molecule has 5 nitrogen and oxygen atoms in total. The Balaban J connectivity index is 2.32. The number of amides is 1. The Hall–Kier alpha value is -1.78. The van der Waals surface area contributed by atoms with E-state index in [-0.39, 0.29) is 6.61 Å². The van der Waals surface area contributed by atoms with Gasteiger partial charge in [0.25, 0.3) is 0 Å². The van der Waals surface area contributed by atoms with Crippen LogP contribution >= 0.6 is 0 Å². The van der Waals surface area contributed by atoms with Gasteiger partial charge in [-0.2, -0.15) is 0 Å². The number of aromatic nitrogens is 2. The first-order chi connectivity index (χ1) is 5.83. The number of H-pyrrole nitrogens is 1. The maximum absolute atomic E-state index is 10.8. The number of nitrogens with one attached hydrogen (secondary N) is 2. The zero-order valence-electron chi connectivity index (χ0n) is 6.41. The van der Waals surface area contributed by atoms with Crippen molar-refractivity contribution in [1.29, 1.82) is 0 Å². The van der Waals surface area contributed by atoms with Crippen LogP contribution in [0, 0.1) is 0 Å². The summed E-state index contributed by atoms with van der Waals surface area (Å²) in [5.41, 5.74) is 0. The maximum atomic E-state index is 10.8. The Morgan fingerprint density at radius 1 is 1.92 bits per heavy atom. The van der Waals surface area contributed by atoms with Crippen LogP contribution in [-0.4, -0.2) is 22.7 Å². The van der Waals surface area contributed by atoms with E-state index in [0.29, 0.717) is 5.95 Å². The van der Waals surface area contributed by atoms with Crippen LogP contribution in [-0.2, 0) is 4.74 Å². The highest BCUT2D eigenvalue weighted by atomic mass is 16.5. The van der Waals surface area contributed by atoms with Crippen LogP contribution in [0.15, 0.2) is 25.0 Å². The van der Waals surface area contributed by atoms with E-state index in [1.807, 2.05) is 0 Å². The molecule has 0 bridgehead atoms. The number of hydrogen-bond donors (Lipinski definition) is 2. The van der Waals surface area contributed by atoms with Gasteiger partial charge in [-0.1, -0.05) is 12.7 Å². The summed E-state index contributed by atoms with van der Waals surface area (Å²) in [5, 5.41) is 2.38. The minimum absolute atomic E-state index is 0.187. The van der Waals surface area contributed by atoms with Gasteiger partial charge in [-0.25, -0.2) is 9.78 Å². The number of anilines is 1. The minimum atomic E-state index is -0.551. The van der Waals surface area contributed by atoms with Crippen LogP contribution in [0.4, 0.5) is 10.7 Å². The number of imidazole rings is 1. The van der Waals surface area contributed by atoms with Crippen molar-refractivity contribution in [2.45, 2.75) is 0 Å². The molecule has 1 aromatic rings. The van der Waals surface area contributed by atoms with Crippen molar-refractivity contribution in [3.63, 3.8) is 0 Å². The molecule has 0 radical (unpaired) electrons. The topological polar surface area (TPSA) is 67.0 Å². The molecule has 0 atom stereocenters. The van der Waals surface area contributed by atoms with Gasteiger partial charge in [-0.15, -0.1) is 0 Å². The van der Waals surface area contributed by atoms with E-state index in [0.717, 1.165) is 0 Å². The normalized spacial score (nSPS) is 9.00. The summed E-state index contributed by atoms with van der Waals surface area (Å²) in [4.78, 5) is 17.3. The standard InChI is InChI=1S/C7H9N3O2/c1-2-5-12-7(11)10-6-8-3-4-9-6/h2-4H,1,5H2,(H2,8,9,10,11). The molecule has 2 N–H and O–H groups in total. The van der Waals surface area contributed by atoms with Crippen LogP contribution in [0.25, 0.3) is 0 Å². The number of carbonyl (C=O) groups excluding carboxylic acids is 1.